The maximum absolute atomic E-state index is 14.6. The van der Waals surface area contributed by atoms with Crippen LogP contribution in [0, 0.1) is 30.2 Å². The number of alkyl halides is 3. The van der Waals surface area contributed by atoms with E-state index in [9.17, 15) is 39.2 Å². The van der Waals surface area contributed by atoms with E-state index < -0.39 is 55.9 Å². The van der Waals surface area contributed by atoms with Crippen molar-refractivity contribution < 1.29 is 53.6 Å². The summed E-state index contributed by atoms with van der Waals surface area (Å²) >= 11 is 0. The minimum absolute atomic E-state index is 0.0183. The number of carbonyl (C=O) groups is 1. The molecule has 40 heavy (non-hydrogen) atoms. The molecule has 0 atom stereocenters. The summed E-state index contributed by atoms with van der Waals surface area (Å²) < 4.78 is 120. The highest BCUT2D eigenvalue weighted by atomic mass is 32.2. The van der Waals surface area contributed by atoms with E-state index >= 15 is 0 Å². The summed E-state index contributed by atoms with van der Waals surface area (Å²) in [5, 5.41) is 13.3. The highest BCUT2D eigenvalue weighted by molar-refractivity contribution is 7.90. The fourth-order valence-electron chi connectivity index (χ4n) is 3.66. The number of nitrogens with one attached hydrogen (secondary N) is 1. The van der Waals surface area contributed by atoms with Gasteiger partial charge < -0.3 is 14.9 Å². The molecule has 2 heterocycles. The zero-order valence-corrected chi connectivity index (χ0v) is 21.5. The van der Waals surface area contributed by atoms with Crippen LogP contribution in [0.5, 0.6) is 0 Å². The first-order valence-corrected chi connectivity index (χ1v) is 13.1. The van der Waals surface area contributed by atoms with Crippen molar-refractivity contribution >= 4 is 21.5 Å². The third-order valence-corrected chi connectivity index (χ3v) is 7.37. The lowest BCUT2D eigenvalue weighted by atomic mass is 10.0. The van der Waals surface area contributed by atoms with Crippen molar-refractivity contribution in [1.82, 2.24) is 10.1 Å². The van der Waals surface area contributed by atoms with Crippen molar-refractivity contribution in [3.8, 4) is 0 Å². The number of aromatic nitrogens is 1. The van der Waals surface area contributed by atoms with Crippen LogP contribution in [0.3, 0.4) is 0 Å². The van der Waals surface area contributed by atoms with E-state index in [2.05, 4.69) is 10.5 Å². The summed E-state index contributed by atoms with van der Waals surface area (Å²) in [6.07, 6.45) is -4.10. The van der Waals surface area contributed by atoms with E-state index in [4.69, 9.17) is 14.4 Å². The third kappa shape index (κ3) is 7.71. The van der Waals surface area contributed by atoms with Crippen LogP contribution in [0.15, 0.2) is 39.8 Å². The predicted octanol–water partition coefficient (Wildman–Crippen LogP) is 4.96. The summed E-state index contributed by atoms with van der Waals surface area (Å²) in [4.78, 5) is 9.76. The van der Waals surface area contributed by atoms with E-state index in [1.165, 1.54) is 6.07 Å². The van der Waals surface area contributed by atoms with Crippen LogP contribution >= 0.6 is 0 Å². The minimum atomic E-state index is -5.08. The molecule has 0 spiro atoms. The van der Waals surface area contributed by atoms with Gasteiger partial charge in [-0.2, -0.15) is 13.2 Å². The van der Waals surface area contributed by atoms with Gasteiger partial charge in [-0.3, -0.25) is 4.90 Å². The van der Waals surface area contributed by atoms with Crippen LogP contribution in [0.2, 0.25) is 0 Å². The first kappa shape index (κ1) is 30.9. The number of benzene rings is 2. The first-order chi connectivity index (χ1) is 18.6. The molecule has 8 nitrogen and oxygen atoms in total. The average molecular weight is 598 g/mol. The molecule has 218 valence electrons. The Morgan fingerprint density at radius 2 is 1.57 bits per heavy atom. The highest BCUT2D eigenvalue weighted by Crippen LogP contribution is 2.28. The van der Waals surface area contributed by atoms with Crippen LogP contribution in [-0.4, -0.2) is 48.8 Å². The molecule has 16 heteroatoms. The Labute approximate surface area is 223 Å². The highest BCUT2D eigenvalue weighted by Gasteiger charge is 2.38. The molecular weight excluding hydrogens is 575 g/mol. The van der Waals surface area contributed by atoms with Gasteiger partial charge in [-0.15, -0.1) is 0 Å². The van der Waals surface area contributed by atoms with Crippen molar-refractivity contribution in [3.05, 3.63) is 76.2 Å². The van der Waals surface area contributed by atoms with Gasteiger partial charge in [-0.25, -0.2) is 30.8 Å². The molecule has 0 aliphatic carbocycles. The summed E-state index contributed by atoms with van der Waals surface area (Å²) in [6, 6.07) is 5.00. The Morgan fingerprint density at radius 3 is 2.02 bits per heavy atom. The number of carboxylic acids is 1. The van der Waals surface area contributed by atoms with E-state index in [1.54, 1.807) is 6.92 Å². The second-order valence-electron chi connectivity index (χ2n) is 8.73. The predicted molar refractivity (Wildman–Crippen MR) is 126 cm³/mol. The molecule has 1 fully saturated rings. The standard InChI is InChI=1S/C22H21F4N3O3S.C2HF3O2/c1-13-7-15(28-32-13)12-33(30,31)22-20(25)8-14(9-21(22)26)27-10-16-17(11-29-5-2-6-29)19(24)4-3-18(16)23;3-2(4,5)1(6)7/h3-4,7-9,27H,2,5-6,10-12H2,1H3;(H,6,7). The Bertz CT molecular complexity index is 1470. The van der Waals surface area contributed by atoms with Gasteiger partial charge in [0.1, 0.15) is 39.7 Å². The van der Waals surface area contributed by atoms with Gasteiger partial charge in [-0.05, 0) is 50.7 Å². The fraction of sp³-hybridized carbons (Fsp3) is 0.333. The number of hydrogen-bond acceptors (Lipinski definition) is 7. The Balaban J connectivity index is 0.000000559. The maximum Gasteiger partial charge on any atom is 0.490 e. The SMILES string of the molecule is Cc1cc(CS(=O)(=O)c2c(F)cc(NCc3c(F)ccc(F)c3CN3CCC3)cc2F)no1.O=C(O)C(F)(F)F. The Morgan fingerprint density at radius 1 is 1.02 bits per heavy atom. The summed E-state index contributed by atoms with van der Waals surface area (Å²) in [7, 11) is -4.39. The molecule has 0 saturated carbocycles. The number of hydrogen-bond donors (Lipinski definition) is 2. The number of anilines is 1. The average Bonchev–Trinajstić information content (AvgIpc) is 3.20. The summed E-state index contributed by atoms with van der Waals surface area (Å²) in [5.41, 5.74) is 0.121. The fourth-order valence-corrected chi connectivity index (χ4v) is 5.05. The largest absolute Gasteiger partial charge is 0.490 e. The molecule has 3 aromatic rings. The van der Waals surface area contributed by atoms with Gasteiger partial charge in [0.05, 0.1) is 5.69 Å². The molecule has 1 aliphatic heterocycles. The smallest absolute Gasteiger partial charge is 0.475 e. The van der Waals surface area contributed by atoms with E-state index in [0.29, 0.717) is 5.76 Å². The first-order valence-electron chi connectivity index (χ1n) is 11.4. The second kappa shape index (κ2) is 12.2. The van der Waals surface area contributed by atoms with Gasteiger partial charge >= 0.3 is 12.1 Å². The number of nitrogens with zero attached hydrogens (tertiary/aromatic N) is 2. The van der Waals surface area contributed by atoms with E-state index in [1.807, 2.05) is 4.90 Å². The molecule has 2 aromatic carbocycles. The monoisotopic (exact) mass is 597 g/mol. The summed E-state index contributed by atoms with van der Waals surface area (Å²) in [5.74, 6) is -6.97. The Kier molecular flexibility index (Phi) is 9.45. The minimum Gasteiger partial charge on any atom is -0.475 e. The molecule has 0 bridgehead atoms. The zero-order chi connectivity index (χ0) is 29.8. The molecule has 1 aliphatic rings. The number of halogens is 7. The van der Waals surface area contributed by atoms with Crippen LogP contribution in [-0.2, 0) is 33.5 Å². The number of sulfone groups is 1. The normalized spacial score (nSPS) is 13.8. The van der Waals surface area contributed by atoms with Crippen molar-refractivity contribution in [2.24, 2.45) is 0 Å². The van der Waals surface area contributed by atoms with Crippen LogP contribution in [0.25, 0.3) is 0 Å². The second-order valence-corrected chi connectivity index (χ2v) is 10.7. The molecule has 2 N–H and O–H groups in total. The molecule has 0 amide bonds. The van der Waals surface area contributed by atoms with E-state index in [0.717, 1.165) is 43.8 Å². The van der Waals surface area contributed by atoms with Gasteiger partial charge in [0.25, 0.3) is 0 Å². The number of aliphatic carboxylic acids is 1. The van der Waals surface area contributed by atoms with Gasteiger partial charge in [0.2, 0.25) is 0 Å². The van der Waals surface area contributed by atoms with Crippen LogP contribution in [0.4, 0.5) is 36.4 Å². The van der Waals surface area contributed by atoms with Gasteiger partial charge in [0.15, 0.2) is 9.84 Å². The molecule has 0 radical (unpaired) electrons. The molecular formula is C24H22F7N3O5S. The number of likely N-dealkylation sites (tertiary alicyclic amines) is 1. The molecule has 4 rings (SSSR count). The van der Waals surface area contributed by atoms with Crippen molar-refractivity contribution in [2.45, 2.75) is 43.3 Å². The van der Waals surface area contributed by atoms with Gasteiger partial charge in [-0.1, -0.05) is 5.16 Å². The number of aryl methyl sites for hydroxylation is 1. The van der Waals surface area contributed by atoms with Crippen molar-refractivity contribution in [3.63, 3.8) is 0 Å². The molecule has 0 unspecified atom stereocenters. The zero-order valence-electron chi connectivity index (χ0n) is 20.7. The molecule has 1 saturated heterocycles. The molecule has 1 aromatic heterocycles. The lowest BCUT2D eigenvalue weighted by Crippen LogP contribution is -2.37. The topological polar surface area (TPSA) is 113 Å². The number of carboxylic acid groups (broad SMARTS) is 1. The maximum atomic E-state index is 14.6. The van der Waals surface area contributed by atoms with Crippen molar-refractivity contribution in [2.75, 3.05) is 18.4 Å². The number of rotatable bonds is 8. The van der Waals surface area contributed by atoms with Crippen LogP contribution in [0.1, 0.15) is 29.0 Å². The Hall–Kier alpha value is -3.66. The lowest BCUT2D eigenvalue weighted by Gasteiger charge is -2.31. The summed E-state index contributed by atoms with van der Waals surface area (Å²) in [6.45, 7) is 3.10. The third-order valence-electron chi connectivity index (χ3n) is 5.68. The lowest BCUT2D eigenvalue weighted by molar-refractivity contribution is -0.192. The quantitative estimate of drug-likeness (QED) is 0.351. The van der Waals surface area contributed by atoms with Gasteiger partial charge in [0, 0.05) is 36.0 Å². The van der Waals surface area contributed by atoms with E-state index in [-0.39, 0.29) is 35.6 Å². The van der Waals surface area contributed by atoms with Crippen molar-refractivity contribution in [1.29, 1.82) is 0 Å². The van der Waals surface area contributed by atoms with Crippen LogP contribution < -0.4 is 5.32 Å².